The lowest BCUT2D eigenvalue weighted by atomic mass is 9.95. The van der Waals surface area contributed by atoms with E-state index in [1.165, 1.54) is 0 Å². The molecule has 1 saturated carbocycles. The molecule has 22 heavy (non-hydrogen) atoms. The van der Waals surface area contributed by atoms with Crippen LogP contribution in [0.5, 0.6) is 0 Å². The molecule has 1 fully saturated rings. The minimum absolute atomic E-state index is 0.147. The minimum Gasteiger partial charge on any atom is -0.743 e. The number of imide groups is 1. The van der Waals surface area contributed by atoms with E-state index in [-0.39, 0.29) is 6.41 Å². The van der Waals surface area contributed by atoms with Crippen LogP contribution >= 0.6 is 0 Å². The van der Waals surface area contributed by atoms with Gasteiger partial charge in [0.25, 0.3) is 0 Å². The fraction of sp³-hybridized carbons (Fsp3) is 0.818. The fourth-order valence-corrected chi connectivity index (χ4v) is 2.49. The number of amides is 2. The quantitative estimate of drug-likeness (QED) is 0.532. The number of ether oxygens (including phenoxy) is 1. The first-order valence-corrected chi connectivity index (χ1v) is 7.89. The maximum Gasteiger partial charge on any atom is 0.416 e. The van der Waals surface area contributed by atoms with Gasteiger partial charge in [-0.1, -0.05) is 19.3 Å². The van der Waals surface area contributed by atoms with Crippen molar-refractivity contribution in [2.75, 3.05) is 6.61 Å². The van der Waals surface area contributed by atoms with Crippen molar-refractivity contribution in [3.8, 4) is 0 Å². The Morgan fingerprint density at radius 2 is 1.91 bits per heavy atom. The molecule has 11 heteroatoms. The van der Waals surface area contributed by atoms with Crippen molar-refractivity contribution in [1.29, 1.82) is 0 Å². The molecule has 0 spiro atoms. The van der Waals surface area contributed by atoms with Gasteiger partial charge >= 0.3 is 11.3 Å². The predicted molar refractivity (Wildman–Crippen MR) is 65.7 cm³/mol. The average molecular weight is 346 g/mol. The second-order valence-electron chi connectivity index (χ2n) is 4.86. The van der Waals surface area contributed by atoms with Crippen LogP contribution < -0.4 is 0 Å². The molecule has 0 aromatic rings. The van der Waals surface area contributed by atoms with Gasteiger partial charge in [-0.3, -0.25) is 4.79 Å². The van der Waals surface area contributed by atoms with E-state index in [0.717, 1.165) is 19.3 Å². The zero-order valence-corrected chi connectivity index (χ0v) is 12.2. The fourth-order valence-electron chi connectivity index (χ4n) is 2.11. The summed E-state index contributed by atoms with van der Waals surface area (Å²) in [4.78, 5) is 23.1. The first kappa shape index (κ1) is 18.7. The molecule has 0 saturated heterocycles. The van der Waals surface area contributed by atoms with Gasteiger partial charge in [0.1, 0.15) is 6.61 Å². The van der Waals surface area contributed by atoms with Gasteiger partial charge in [-0.25, -0.2) is 22.5 Å². The SMILES string of the molecule is O=CN(C(=O)OCC(F)C(F)(F)S(=O)(=O)[O-])C1CCCCC1. The Labute approximate surface area is 125 Å². The van der Waals surface area contributed by atoms with Crippen LogP contribution in [0.25, 0.3) is 0 Å². The molecule has 128 valence electrons. The standard InChI is InChI=1S/C11H16F3NO6S/c12-9(11(13,14)22(18,19)20)6-21-10(17)15(7-16)8-4-2-1-3-5-8/h7-9H,1-6H2,(H,18,19,20)/p-1. The van der Waals surface area contributed by atoms with E-state index < -0.39 is 40.3 Å². The third kappa shape index (κ3) is 4.32. The molecule has 1 aliphatic carbocycles. The average Bonchev–Trinajstić information content (AvgIpc) is 2.45. The minimum atomic E-state index is -6.23. The molecule has 1 atom stereocenters. The topological polar surface area (TPSA) is 104 Å². The molecular weight excluding hydrogens is 331 g/mol. The van der Waals surface area contributed by atoms with Gasteiger partial charge in [-0.2, -0.15) is 8.78 Å². The van der Waals surface area contributed by atoms with Crippen LogP contribution in [0.3, 0.4) is 0 Å². The number of carbonyl (C=O) groups excluding carboxylic acids is 2. The number of hydrogen-bond donors (Lipinski definition) is 0. The molecule has 0 bridgehead atoms. The van der Waals surface area contributed by atoms with Gasteiger partial charge < -0.3 is 9.29 Å². The van der Waals surface area contributed by atoms with E-state index >= 15 is 0 Å². The van der Waals surface area contributed by atoms with E-state index in [0.29, 0.717) is 17.7 Å². The number of halogens is 3. The Balaban J connectivity index is 2.62. The molecule has 0 N–H and O–H groups in total. The number of carbonyl (C=O) groups is 2. The molecule has 0 aliphatic heterocycles. The van der Waals surface area contributed by atoms with Crippen molar-refractivity contribution < 1.29 is 40.5 Å². The summed E-state index contributed by atoms with van der Waals surface area (Å²) in [5, 5.41) is -5.22. The number of hydrogen-bond acceptors (Lipinski definition) is 6. The zero-order chi connectivity index (χ0) is 17.0. The number of alkyl halides is 3. The van der Waals surface area contributed by atoms with Crippen LogP contribution in [0.2, 0.25) is 0 Å². The Bertz CT molecular complexity index is 506. The van der Waals surface area contributed by atoms with E-state index in [4.69, 9.17) is 0 Å². The molecule has 0 aromatic heterocycles. The van der Waals surface area contributed by atoms with Crippen molar-refractivity contribution in [2.45, 2.75) is 49.6 Å². The monoisotopic (exact) mass is 346 g/mol. The Morgan fingerprint density at radius 1 is 1.36 bits per heavy atom. The summed E-state index contributed by atoms with van der Waals surface area (Å²) in [6, 6.07) is -0.472. The predicted octanol–water partition coefficient (Wildman–Crippen LogP) is 1.39. The van der Waals surface area contributed by atoms with Crippen LogP contribution in [0, 0.1) is 0 Å². The molecule has 1 unspecified atom stereocenters. The van der Waals surface area contributed by atoms with Crippen molar-refractivity contribution in [3.63, 3.8) is 0 Å². The third-order valence-electron chi connectivity index (χ3n) is 3.34. The molecule has 1 aliphatic rings. The van der Waals surface area contributed by atoms with Crippen LogP contribution in [0.15, 0.2) is 0 Å². The van der Waals surface area contributed by atoms with E-state index in [2.05, 4.69) is 4.74 Å². The van der Waals surface area contributed by atoms with Gasteiger partial charge in [-0.05, 0) is 12.8 Å². The molecule has 0 aromatic carbocycles. The van der Waals surface area contributed by atoms with Crippen LogP contribution in [0.4, 0.5) is 18.0 Å². The van der Waals surface area contributed by atoms with Crippen LogP contribution in [0.1, 0.15) is 32.1 Å². The molecular formula is C11H15F3NO6S-. The highest BCUT2D eigenvalue weighted by Crippen LogP contribution is 2.28. The summed E-state index contributed by atoms with van der Waals surface area (Å²) in [5.41, 5.74) is 0. The highest BCUT2D eigenvalue weighted by molar-refractivity contribution is 7.86. The molecule has 0 radical (unpaired) electrons. The summed E-state index contributed by atoms with van der Waals surface area (Å²) in [6.45, 7) is -1.65. The summed E-state index contributed by atoms with van der Waals surface area (Å²) in [5.74, 6) is 0. The van der Waals surface area contributed by atoms with Gasteiger partial charge in [-0.15, -0.1) is 0 Å². The lowest BCUT2D eigenvalue weighted by Crippen LogP contribution is -2.45. The van der Waals surface area contributed by atoms with Crippen molar-refractivity contribution in [3.05, 3.63) is 0 Å². The second-order valence-corrected chi connectivity index (χ2v) is 6.32. The van der Waals surface area contributed by atoms with E-state index in [1.807, 2.05) is 0 Å². The lowest BCUT2D eigenvalue weighted by molar-refractivity contribution is -0.119. The second kappa shape index (κ2) is 7.27. The largest absolute Gasteiger partial charge is 0.743 e. The summed E-state index contributed by atoms with van der Waals surface area (Å²) < 4.78 is 73.7. The van der Waals surface area contributed by atoms with Crippen LogP contribution in [-0.4, -0.2) is 54.4 Å². The molecule has 2 amide bonds. The van der Waals surface area contributed by atoms with Crippen LogP contribution in [-0.2, 0) is 19.6 Å². The molecule has 0 heterocycles. The summed E-state index contributed by atoms with van der Waals surface area (Å²) in [7, 11) is -6.23. The smallest absolute Gasteiger partial charge is 0.416 e. The zero-order valence-electron chi connectivity index (χ0n) is 11.4. The first-order chi connectivity index (χ1) is 10.1. The van der Waals surface area contributed by atoms with Crippen molar-refractivity contribution >= 4 is 22.6 Å². The van der Waals surface area contributed by atoms with Gasteiger partial charge in [0.15, 0.2) is 10.1 Å². The molecule has 7 nitrogen and oxygen atoms in total. The Morgan fingerprint density at radius 3 is 2.36 bits per heavy atom. The third-order valence-corrected chi connectivity index (χ3v) is 4.27. The highest BCUT2D eigenvalue weighted by Gasteiger charge is 2.48. The number of rotatable bonds is 6. The highest BCUT2D eigenvalue weighted by atomic mass is 32.2. The van der Waals surface area contributed by atoms with Crippen molar-refractivity contribution in [2.24, 2.45) is 0 Å². The first-order valence-electron chi connectivity index (χ1n) is 6.49. The summed E-state index contributed by atoms with van der Waals surface area (Å²) in [6.07, 6.45) is -1.24. The van der Waals surface area contributed by atoms with E-state index in [9.17, 15) is 35.7 Å². The van der Waals surface area contributed by atoms with Gasteiger partial charge in [0.2, 0.25) is 12.6 Å². The maximum atomic E-state index is 13.1. The number of nitrogens with zero attached hydrogens (tertiary/aromatic N) is 1. The normalized spacial score (nSPS) is 18.5. The Hall–Kier alpha value is -1.36. The molecule has 1 rings (SSSR count). The lowest BCUT2D eigenvalue weighted by Gasteiger charge is -2.29. The summed E-state index contributed by atoms with van der Waals surface area (Å²) >= 11 is 0. The van der Waals surface area contributed by atoms with Gasteiger partial charge in [0, 0.05) is 6.04 Å². The van der Waals surface area contributed by atoms with Crippen molar-refractivity contribution in [1.82, 2.24) is 4.90 Å². The maximum absolute atomic E-state index is 13.1. The van der Waals surface area contributed by atoms with E-state index in [1.54, 1.807) is 0 Å². The van der Waals surface area contributed by atoms with Gasteiger partial charge in [0.05, 0.1) is 0 Å². The Kier molecular flexibility index (Phi) is 6.17.